The molecule has 1 heterocycles. The fourth-order valence-corrected chi connectivity index (χ4v) is 5.52. The van der Waals surface area contributed by atoms with Gasteiger partial charge >= 0.3 is 0 Å². The van der Waals surface area contributed by atoms with Crippen molar-refractivity contribution in [1.82, 2.24) is 9.62 Å². The quantitative estimate of drug-likeness (QED) is 0.682. The van der Waals surface area contributed by atoms with Crippen LogP contribution in [0.15, 0.2) is 47.4 Å². The topological polar surface area (TPSA) is 78.5 Å². The molecule has 1 saturated heterocycles. The highest BCUT2D eigenvalue weighted by Gasteiger charge is 2.28. The molecule has 0 unspecified atom stereocenters. The lowest BCUT2D eigenvalue weighted by atomic mass is 9.91. The molecular weight excluding hydrogens is 410 g/mol. The molecule has 0 bridgehead atoms. The number of nitrogens with one attached hydrogen (secondary N) is 2. The standard InChI is InChI=1S/C24H33N3O3S/c1-17-7-5-6-8-22(17)16-25-24-10-9-23(15-18(24)2)31(29,30)26-19(3)21-11-13-27(14-12-21)20(4)28/h5-10,15,19,21,25-26H,11-14,16H2,1-4H3/t19-/m1/s1. The van der Waals surface area contributed by atoms with Crippen LogP contribution >= 0.6 is 0 Å². The van der Waals surface area contributed by atoms with E-state index in [9.17, 15) is 13.2 Å². The van der Waals surface area contributed by atoms with Gasteiger partial charge in [0.15, 0.2) is 0 Å². The molecule has 0 radical (unpaired) electrons. The minimum atomic E-state index is -3.61. The van der Waals surface area contributed by atoms with Gasteiger partial charge in [-0.3, -0.25) is 4.79 Å². The van der Waals surface area contributed by atoms with Gasteiger partial charge in [-0.05, 0) is 74.4 Å². The molecule has 1 aliphatic rings. The van der Waals surface area contributed by atoms with Gasteiger partial charge in [0.05, 0.1) is 4.90 Å². The lowest BCUT2D eigenvalue weighted by Gasteiger charge is -2.34. The van der Waals surface area contributed by atoms with Crippen LogP contribution in [0.2, 0.25) is 0 Å². The predicted octanol–water partition coefficient (Wildman–Crippen LogP) is 3.84. The summed E-state index contributed by atoms with van der Waals surface area (Å²) in [5, 5.41) is 3.41. The van der Waals surface area contributed by atoms with Crippen molar-refractivity contribution in [2.75, 3.05) is 18.4 Å². The Balaban J connectivity index is 1.63. The van der Waals surface area contributed by atoms with E-state index in [2.05, 4.69) is 29.1 Å². The van der Waals surface area contributed by atoms with Crippen LogP contribution in [0.4, 0.5) is 5.69 Å². The van der Waals surface area contributed by atoms with Gasteiger partial charge in [0, 0.05) is 38.3 Å². The van der Waals surface area contributed by atoms with E-state index >= 15 is 0 Å². The van der Waals surface area contributed by atoms with Crippen molar-refractivity contribution in [3.05, 3.63) is 59.2 Å². The zero-order valence-electron chi connectivity index (χ0n) is 18.8. The number of anilines is 1. The Morgan fingerprint density at radius 1 is 1.10 bits per heavy atom. The molecular formula is C24H33N3O3S. The first-order valence-corrected chi connectivity index (χ1v) is 12.3. The highest BCUT2D eigenvalue weighted by Crippen LogP contribution is 2.24. The second kappa shape index (κ2) is 9.83. The van der Waals surface area contributed by atoms with Crippen molar-refractivity contribution in [3.8, 4) is 0 Å². The van der Waals surface area contributed by atoms with Crippen LogP contribution in [0.25, 0.3) is 0 Å². The van der Waals surface area contributed by atoms with Gasteiger partial charge in [0.25, 0.3) is 0 Å². The number of sulfonamides is 1. The second-order valence-corrected chi connectivity index (χ2v) is 10.2. The predicted molar refractivity (Wildman–Crippen MR) is 124 cm³/mol. The smallest absolute Gasteiger partial charge is 0.240 e. The molecule has 0 aliphatic carbocycles. The number of likely N-dealkylation sites (tertiary alicyclic amines) is 1. The van der Waals surface area contributed by atoms with E-state index in [0.29, 0.717) is 19.6 Å². The number of hydrogen-bond acceptors (Lipinski definition) is 4. The molecule has 7 heteroatoms. The molecule has 31 heavy (non-hydrogen) atoms. The van der Waals surface area contributed by atoms with E-state index < -0.39 is 10.0 Å². The molecule has 3 rings (SSSR count). The fourth-order valence-electron chi connectivity index (χ4n) is 4.12. The average Bonchev–Trinajstić information content (AvgIpc) is 2.73. The van der Waals surface area contributed by atoms with E-state index in [4.69, 9.17) is 0 Å². The van der Waals surface area contributed by atoms with Crippen LogP contribution in [-0.4, -0.2) is 38.4 Å². The van der Waals surface area contributed by atoms with Gasteiger partial charge in [0.1, 0.15) is 0 Å². The van der Waals surface area contributed by atoms with E-state index in [1.165, 1.54) is 11.1 Å². The second-order valence-electron chi connectivity index (χ2n) is 8.51. The molecule has 2 aromatic carbocycles. The van der Waals surface area contributed by atoms with Crippen molar-refractivity contribution < 1.29 is 13.2 Å². The number of nitrogens with zero attached hydrogens (tertiary/aromatic N) is 1. The van der Waals surface area contributed by atoms with Crippen LogP contribution in [-0.2, 0) is 21.4 Å². The van der Waals surface area contributed by atoms with Gasteiger partial charge in [-0.25, -0.2) is 13.1 Å². The molecule has 0 saturated carbocycles. The summed E-state index contributed by atoms with van der Waals surface area (Å²) in [6, 6.07) is 13.2. The Bertz CT molecular complexity index is 1030. The number of carbonyl (C=O) groups excluding carboxylic acids is 1. The minimum Gasteiger partial charge on any atom is -0.381 e. The molecule has 2 aromatic rings. The largest absolute Gasteiger partial charge is 0.381 e. The zero-order valence-corrected chi connectivity index (χ0v) is 19.6. The third-order valence-corrected chi connectivity index (χ3v) is 7.83. The summed E-state index contributed by atoms with van der Waals surface area (Å²) in [5.41, 5.74) is 4.25. The third-order valence-electron chi connectivity index (χ3n) is 6.27. The Hall–Kier alpha value is -2.38. The van der Waals surface area contributed by atoms with E-state index in [1.807, 2.05) is 36.9 Å². The van der Waals surface area contributed by atoms with Gasteiger partial charge in [-0.2, -0.15) is 0 Å². The highest BCUT2D eigenvalue weighted by molar-refractivity contribution is 7.89. The summed E-state index contributed by atoms with van der Waals surface area (Å²) in [5.74, 6) is 0.305. The Kier molecular flexibility index (Phi) is 7.38. The summed E-state index contributed by atoms with van der Waals surface area (Å²) in [7, 11) is -3.61. The number of hydrogen-bond donors (Lipinski definition) is 2. The third kappa shape index (κ3) is 5.86. The summed E-state index contributed by atoms with van der Waals surface area (Å²) >= 11 is 0. The summed E-state index contributed by atoms with van der Waals surface area (Å²) in [6.07, 6.45) is 1.62. The zero-order chi connectivity index (χ0) is 22.6. The molecule has 2 N–H and O–H groups in total. The van der Waals surface area contributed by atoms with Gasteiger partial charge in [-0.15, -0.1) is 0 Å². The first-order chi connectivity index (χ1) is 14.7. The number of amides is 1. The molecule has 1 aliphatic heterocycles. The first kappa shape index (κ1) is 23.3. The molecule has 0 spiro atoms. The molecule has 1 amide bonds. The lowest BCUT2D eigenvalue weighted by Crippen LogP contribution is -2.45. The monoisotopic (exact) mass is 443 g/mol. The fraction of sp³-hybridized carbons (Fsp3) is 0.458. The summed E-state index contributed by atoms with van der Waals surface area (Å²) in [4.78, 5) is 13.6. The average molecular weight is 444 g/mol. The molecule has 6 nitrogen and oxygen atoms in total. The molecule has 0 aromatic heterocycles. The summed E-state index contributed by atoms with van der Waals surface area (Å²) < 4.78 is 28.7. The maximum atomic E-state index is 12.9. The maximum Gasteiger partial charge on any atom is 0.240 e. The van der Waals surface area contributed by atoms with Crippen LogP contribution in [0.5, 0.6) is 0 Å². The number of benzene rings is 2. The Labute approximate surface area is 186 Å². The van der Waals surface area contributed by atoms with Crippen LogP contribution in [0.1, 0.15) is 43.4 Å². The van der Waals surface area contributed by atoms with Crippen molar-refractivity contribution >= 4 is 21.6 Å². The van der Waals surface area contributed by atoms with Gasteiger partial charge in [0.2, 0.25) is 15.9 Å². The Morgan fingerprint density at radius 2 is 1.77 bits per heavy atom. The van der Waals surface area contributed by atoms with E-state index in [0.717, 1.165) is 24.1 Å². The lowest BCUT2D eigenvalue weighted by molar-refractivity contribution is -0.130. The van der Waals surface area contributed by atoms with Crippen LogP contribution < -0.4 is 10.0 Å². The van der Waals surface area contributed by atoms with E-state index in [1.54, 1.807) is 19.1 Å². The SMILES string of the molecule is CC(=O)N1CCC([C@@H](C)NS(=O)(=O)c2ccc(NCc3ccccc3C)c(C)c2)CC1. The molecule has 1 fully saturated rings. The number of rotatable bonds is 7. The minimum absolute atomic E-state index is 0.0817. The summed E-state index contributed by atoms with van der Waals surface area (Å²) in [6.45, 7) is 9.55. The van der Waals surface area contributed by atoms with Crippen LogP contribution in [0, 0.1) is 19.8 Å². The van der Waals surface area contributed by atoms with Gasteiger partial charge < -0.3 is 10.2 Å². The highest BCUT2D eigenvalue weighted by atomic mass is 32.2. The van der Waals surface area contributed by atoms with Crippen molar-refractivity contribution in [2.24, 2.45) is 5.92 Å². The number of carbonyl (C=O) groups is 1. The van der Waals surface area contributed by atoms with Crippen LogP contribution in [0.3, 0.4) is 0 Å². The van der Waals surface area contributed by atoms with Crippen molar-refractivity contribution in [2.45, 2.75) is 58.0 Å². The molecule has 1 atom stereocenters. The normalized spacial score (nSPS) is 16.2. The van der Waals surface area contributed by atoms with Crippen molar-refractivity contribution in [1.29, 1.82) is 0 Å². The van der Waals surface area contributed by atoms with Crippen molar-refractivity contribution in [3.63, 3.8) is 0 Å². The maximum absolute atomic E-state index is 12.9. The van der Waals surface area contributed by atoms with Gasteiger partial charge in [-0.1, -0.05) is 24.3 Å². The Morgan fingerprint density at radius 3 is 2.39 bits per heavy atom. The van der Waals surface area contributed by atoms with E-state index in [-0.39, 0.29) is 22.8 Å². The first-order valence-electron chi connectivity index (χ1n) is 10.8. The molecule has 168 valence electrons. The number of piperidine rings is 1. The number of aryl methyl sites for hydroxylation is 2.